The van der Waals surface area contributed by atoms with Crippen molar-refractivity contribution in [3.05, 3.63) is 58.5 Å². The molecule has 1 aliphatic rings. The highest BCUT2D eigenvalue weighted by Gasteiger charge is 2.26. The number of carbonyl (C=O) groups excluding carboxylic acids is 1. The summed E-state index contributed by atoms with van der Waals surface area (Å²) in [6, 6.07) is 9.35. The van der Waals surface area contributed by atoms with E-state index in [4.69, 9.17) is 16.6 Å². The van der Waals surface area contributed by atoms with E-state index in [1.165, 1.54) is 12.8 Å². The van der Waals surface area contributed by atoms with Gasteiger partial charge in [0.2, 0.25) is 0 Å². The van der Waals surface area contributed by atoms with Crippen LogP contribution in [0.4, 0.5) is 0 Å². The highest BCUT2D eigenvalue weighted by molar-refractivity contribution is 6.31. The number of nitrogens with zero attached hydrogens (tertiary/aromatic N) is 4. The lowest BCUT2D eigenvalue weighted by Crippen LogP contribution is -2.32. The number of fused-ring (bicyclic) bond motifs is 1. The van der Waals surface area contributed by atoms with E-state index in [0.29, 0.717) is 29.6 Å². The molecule has 0 spiro atoms. The van der Waals surface area contributed by atoms with E-state index in [1.807, 2.05) is 36.2 Å². The van der Waals surface area contributed by atoms with Gasteiger partial charge in [0, 0.05) is 29.9 Å². The van der Waals surface area contributed by atoms with Crippen LogP contribution < -0.4 is 0 Å². The fraction of sp³-hybridized carbons (Fsp3) is 0.409. The highest BCUT2D eigenvalue weighted by Crippen LogP contribution is 2.32. The molecule has 0 unspecified atom stereocenters. The first-order chi connectivity index (χ1) is 13.6. The second-order valence-electron chi connectivity index (χ2n) is 7.62. The molecular weight excluding hydrogens is 372 g/mol. The molecule has 0 aliphatic heterocycles. The third kappa shape index (κ3) is 3.90. The molecule has 1 aliphatic carbocycles. The number of amides is 1. The third-order valence-corrected chi connectivity index (χ3v) is 5.66. The number of aromatic nitrogens is 3. The van der Waals surface area contributed by atoms with Gasteiger partial charge in [-0.25, -0.2) is 9.97 Å². The zero-order valence-electron chi connectivity index (χ0n) is 16.4. The molecule has 28 heavy (non-hydrogen) atoms. The first kappa shape index (κ1) is 18.9. The molecule has 1 saturated carbocycles. The Labute approximate surface area is 170 Å². The Balaban J connectivity index is 1.65. The first-order valence-electron chi connectivity index (χ1n) is 9.92. The molecule has 5 nitrogen and oxygen atoms in total. The maximum atomic E-state index is 13.2. The van der Waals surface area contributed by atoms with Crippen LogP contribution in [0, 0.1) is 12.8 Å². The summed E-state index contributed by atoms with van der Waals surface area (Å²) >= 11 is 6.13. The van der Waals surface area contributed by atoms with Crippen molar-refractivity contribution in [3.8, 4) is 0 Å². The Hall–Kier alpha value is -2.40. The summed E-state index contributed by atoms with van der Waals surface area (Å²) in [7, 11) is 0. The van der Waals surface area contributed by atoms with E-state index in [1.54, 1.807) is 12.1 Å². The standard InChI is InChI=1S/C22H25ClN4O/c1-3-11-26(22(28)17-8-9-18(23)15(2)12-17)14-20-25-19-5-4-10-24-21(19)27(20)13-16-6-7-16/h4-5,8-10,12,16H,3,6-7,11,13-14H2,1-2H3. The van der Waals surface area contributed by atoms with Gasteiger partial charge in [0.15, 0.2) is 5.65 Å². The fourth-order valence-electron chi connectivity index (χ4n) is 3.53. The molecular formula is C22H25ClN4O. The van der Waals surface area contributed by atoms with E-state index in [9.17, 15) is 4.79 Å². The van der Waals surface area contributed by atoms with Crippen LogP contribution >= 0.6 is 11.6 Å². The Morgan fingerprint density at radius 3 is 2.86 bits per heavy atom. The molecule has 0 bridgehead atoms. The van der Waals surface area contributed by atoms with E-state index in [2.05, 4.69) is 16.5 Å². The lowest BCUT2D eigenvalue weighted by molar-refractivity contribution is 0.0737. The van der Waals surface area contributed by atoms with Gasteiger partial charge in [-0.3, -0.25) is 4.79 Å². The summed E-state index contributed by atoms with van der Waals surface area (Å²) in [6.07, 6.45) is 5.21. The molecule has 2 heterocycles. The summed E-state index contributed by atoms with van der Waals surface area (Å²) in [6.45, 7) is 6.10. The van der Waals surface area contributed by atoms with Gasteiger partial charge in [-0.2, -0.15) is 0 Å². The van der Waals surface area contributed by atoms with Crippen molar-refractivity contribution in [2.75, 3.05) is 6.54 Å². The molecule has 146 valence electrons. The Bertz CT molecular complexity index is 1010. The van der Waals surface area contributed by atoms with Crippen LogP contribution in [-0.4, -0.2) is 31.9 Å². The second kappa shape index (κ2) is 7.92. The Morgan fingerprint density at radius 1 is 1.32 bits per heavy atom. The summed E-state index contributed by atoms with van der Waals surface area (Å²) < 4.78 is 2.20. The number of benzene rings is 1. The van der Waals surface area contributed by atoms with Crippen LogP contribution in [0.2, 0.25) is 5.02 Å². The minimum absolute atomic E-state index is 0.0135. The van der Waals surface area contributed by atoms with Gasteiger partial charge in [-0.1, -0.05) is 18.5 Å². The predicted octanol–water partition coefficient (Wildman–Crippen LogP) is 4.86. The lowest BCUT2D eigenvalue weighted by atomic mass is 10.1. The average molecular weight is 397 g/mol. The third-order valence-electron chi connectivity index (χ3n) is 5.24. The topological polar surface area (TPSA) is 51.0 Å². The first-order valence-corrected chi connectivity index (χ1v) is 10.3. The quantitative estimate of drug-likeness (QED) is 0.573. The molecule has 3 aromatic rings. The van der Waals surface area contributed by atoms with Crippen LogP contribution in [0.5, 0.6) is 0 Å². The van der Waals surface area contributed by atoms with E-state index < -0.39 is 0 Å². The minimum atomic E-state index is 0.0135. The molecule has 6 heteroatoms. The monoisotopic (exact) mass is 396 g/mol. The van der Waals surface area contributed by atoms with Crippen molar-refractivity contribution in [2.24, 2.45) is 5.92 Å². The fourth-order valence-corrected chi connectivity index (χ4v) is 3.65. The van der Waals surface area contributed by atoms with E-state index >= 15 is 0 Å². The van der Waals surface area contributed by atoms with Crippen molar-refractivity contribution in [1.82, 2.24) is 19.4 Å². The van der Waals surface area contributed by atoms with Crippen molar-refractivity contribution >= 4 is 28.7 Å². The van der Waals surface area contributed by atoms with Gasteiger partial charge < -0.3 is 9.47 Å². The number of carbonyl (C=O) groups is 1. The SMILES string of the molecule is CCCN(Cc1nc2cccnc2n1CC1CC1)C(=O)c1ccc(Cl)c(C)c1. The number of hydrogen-bond donors (Lipinski definition) is 0. The molecule has 0 saturated heterocycles. The largest absolute Gasteiger partial charge is 0.331 e. The van der Waals surface area contributed by atoms with E-state index in [0.717, 1.165) is 35.5 Å². The number of rotatable bonds is 7. The normalized spacial score (nSPS) is 13.8. The van der Waals surface area contributed by atoms with Crippen molar-refractivity contribution in [2.45, 2.75) is 46.2 Å². The minimum Gasteiger partial charge on any atom is -0.331 e. The summed E-state index contributed by atoms with van der Waals surface area (Å²) in [5.74, 6) is 1.63. The average Bonchev–Trinajstić information content (AvgIpc) is 3.45. The Kier molecular flexibility index (Phi) is 5.36. The Morgan fingerprint density at radius 2 is 2.14 bits per heavy atom. The predicted molar refractivity (Wildman–Crippen MR) is 111 cm³/mol. The molecule has 1 amide bonds. The molecule has 0 atom stereocenters. The van der Waals surface area contributed by atoms with Crippen molar-refractivity contribution in [3.63, 3.8) is 0 Å². The van der Waals surface area contributed by atoms with E-state index in [-0.39, 0.29) is 5.91 Å². The van der Waals surface area contributed by atoms with Crippen LogP contribution in [0.15, 0.2) is 36.5 Å². The van der Waals surface area contributed by atoms with Crippen molar-refractivity contribution in [1.29, 1.82) is 0 Å². The lowest BCUT2D eigenvalue weighted by Gasteiger charge is -2.23. The molecule has 4 rings (SSSR count). The van der Waals surface area contributed by atoms with Crippen LogP contribution in [0.25, 0.3) is 11.2 Å². The van der Waals surface area contributed by atoms with Gasteiger partial charge in [0.05, 0.1) is 6.54 Å². The smallest absolute Gasteiger partial charge is 0.254 e. The molecule has 2 aromatic heterocycles. The van der Waals surface area contributed by atoms with Gasteiger partial charge in [-0.15, -0.1) is 0 Å². The van der Waals surface area contributed by atoms with Crippen LogP contribution in [-0.2, 0) is 13.1 Å². The molecule has 0 radical (unpaired) electrons. The number of pyridine rings is 1. The van der Waals surface area contributed by atoms with Gasteiger partial charge in [0.25, 0.3) is 5.91 Å². The summed E-state index contributed by atoms with van der Waals surface area (Å²) in [4.78, 5) is 24.4. The number of imidazole rings is 1. The zero-order valence-corrected chi connectivity index (χ0v) is 17.1. The van der Waals surface area contributed by atoms with Crippen LogP contribution in [0.3, 0.4) is 0 Å². The second-order valence-corrected chi connectivity index (χ2v) is 8.03. The molecule has 1 fully saturated rings. The van der Waals surface area contributed by atoms with Crippen LogP contribution in [0.1, 0.15) is 47.9 Å². The highest BCUT2D eigenvalue weighted by atomic mass is 35.5. The summed E-state index contributed by atoms with van der Waals surface area (Å²) in [5.41, 5.74) is 3.38. The van der Waals surface area contributed by atoms with Gasteiger partial charge in [-0.05, 0) is 68.0 Å². The molecule has 1 aromatic carbocycles. The number of hydrogen-bond acceptors (Lipinski definition) is 3. The zero-order chi connectivity index (χ0) is 19.7. The maximum absolute atomic E-state index is 13.2. The summed E-state index contributed by atoms with van der Waals surface area (Å²) in [5, 5.41) is 0.677. The maximum Gasteiger partial charge on any atom is 0.254 e. The van der Waals surface area contributed by atoms with Gasteiger partial charge >= 0.3 is 0 Å². The number of aryl methyl sites for hydroxylation is 1. The number of halogens is 1. The van der Waals surface area contributed by atoms with Gasteiger partial charge in [0.1, 0.15) is 11.3 Å². The van der Waals surface area contributed by atoms with Crippen molar-refractivity contribution < 1.29 is 4.79 Å². The molecule has 0 N–H and O–H groups in total.